The molecule has 114 valence electrons. The number of halogens is 1. The first kappa shape index (κ1) is 15.8. The first-order valence-electron chi connectivity index (χ1n) is 7.01. The topological polar surface area (TPSA) is 58.6 Å². The number of nitrogens with zero attached hydrogens (tertiary/aromatic N) is 2. The molecule has 0 bridgehead atoms. The van der Waals surface area contributed by atoms with Gasteiger partial charge in [-0.25, -0.2) is 9.69 Å². The van der Waals surface area contributed by atoms with E-state index in [1.54, 1.807) is 6.92 Å². The van der Waals surface area contributed by atoms with Crippen LogP contribution >= 0.6 is 15.9 Å². The lowest BCUT2D eigenvalue weighted by Crippen LogP contribution is -2.38. The molecule has 0 saturated heterocycles. The van der Waals surface area contributed by atoms with Crippen molar-refractivity contribution in [1.29, 1.82) is 0 Å². The molecule has 0 aromatic heterocycles. The predicted molar refractivity (Wildman–Crippen MR) is 86.8 cm³/mol. The van der Waals surface area contributed by atoms with Gasteiger partial charge in [0.2, 0.25) is 0 Å². The molecule has 1 aliphatic heterocycles. The van der Waals surface area contributed by atoms with E-state index in [4.69, 9.17) is 10.5 Å². The summed E-state index contributed by atoms with van der Waals surface area (Å²) in [5.74, 6) is 0.345. The maximum atomic E-state index is 11.6. The van der Waals surface area contributed by atoms with Crippen LogP contribution in [0.1, 0.15) is 18.1 Å². The van der Waals surface area contributed by atoms with Crippen LogP contribution in [0.4, 0.5) is 5.69 Å². The van der Waals surface area contributed by atoms with Crippen molar-refractivity contribution in [3.63, 3.8) is 0 Å². The molecule has 0 aliphatic carbocycles. The molecule has 1 aromatic carbocycles. The summed E-state index contributed by atoms with van der Waals surface area (Å²) in [7, 11) is 0. The maximum absolute atomic E-state index is 11.6. The average Bonchev–Trinajstić information content (AvgIpc) is 2.71. The molecule has 0 fully saturated rings. The predicted octanol–water partition coefficient (Wildman–Crippen LogP) is 1.78. The Morgan fingerprint density at radius 2 is 2.19 bits per heavy atom. The summed E-state index contributed by atoms with van der Waals surface area (Å²) in [6.07, 6.45) is 0. The van der Waals surface area contributed by atoms with Crippen LogP contribution in [0.25, 0.3) is 0 Å². The Labute approximate surface area is 133 Å². The molecule has 0 unspecified atom stereocenters. The van der Waals surface area contributed by atoms with Crippen LogP contribution in [0, 0.1) is 13.8 Å². The molecule has 1 heterocycles. The monoisotopic (exact) mass is 354 g/mol. The molecule has 0 radical (unpaired) electrons. The zero-order chi connectivity index (χ0) is 15.6. The zero-order valence-corrected chi connectivity index (χ0v) is 14.2. The Kier molecular flexibility index (Phi) is 4.88. The van der Waals surface area contributed by atoms with Gasteiger partial charge in [0.15, 0.2) is 6.54 Å². The number of rotatable bonds is 4. The summed E-state index contributed by atoms with van der Waals surface area (Å²) in [6.45, 7) is 7.98. The molecule has 0 saturated carbocycles. The summed E-state index contributed by atoms with van der Waals surface area (Å²) >= 11 is 3.61. The van der Waals surface area contributed by atoms with Crippen molar-refractivity contribution in [2.45, 2.75) is 20.8 Å². The van der Waals surface area contributed by atoms with Crippen LogP contribution in [0.2, 0.25) is 0 Å². The van der Waals surface area contributed by atoms with E-state index in [0.29, 0.717) is 19.1 Å². The molecule has 2 N–H and O–H groups in total. The van der Waals surface area contributed by atoms with E-state index in [-0.39, 0.29) is 12.5 Å². The van der Waals surface area contributed by atoms with Gasteiger partial charge < -0.3 is 4.74 Å². The molecule has 2 rings (SSSR count). The minimum Gasteiger partial charge on any atom is -0.464 e. The van der Waals surface area contributed by atoms with Gasteiger partial charge in [-0.3, -0.25) is 10.3 Å². The van der Waals surface area contributed by atoms with Gasteiger partial charge in [0.05, 0.1) is 17.6 Å². The van der Waals surface area contributed by atoms with Crippen LogP contribution in [-0.4, -0.2) is 42.7 Å². The summed E-state index contributed by atoms with van der Waals surface area (Å²) in [5, 5.41) is 0. The van der Waals surface area contributed by atoms with Crippen LogP contribution in [-0.2, 0) is 9.53 Å². The van der Waals surface area contributed by atoms with E-state index in [1.165, 1.54) is 5.56 Å². The highest BCUT2D eigenvalue weighted by molar-refractivity contribution is 9.10. The van der Waals surface area contributed by atoms with Crippen LogP contribution in [0.15, 0.2) is 16.6 Å². The average molecular weight is 355 g/mol. The van der Waals surface area contributed by atoms with E-state index in [0.717, 1.165) is 22.3 Å². The van der Waals surface area contributed by atoms with Crippen molar-refractivity contribution >= 4 is 33.5 Å². The van der Waals surface area contributed by atoms with E-state index in [9.17, 15) is 4.79 Å². The van der Waals surface area contributed by atoms with E-state index >= 15 is 0 Å². The molecule has 5 nitrogen and oxygen atoms in total. The second-order valence-corrected chi connectivity index (χ2v) is 6.00. The van der Waals surface area contributed by atoms with Gasteiger partial charge in [-0.15, -0.1) is 0 Å². The van der Waals surface area contributed by atoms with Gasteiger partial charge in [0.1, 0.15) is 12.2 Å². The number of ether oxygens (including phenoxy) is 1. The van der Waals surface area contributed by atoms with Crippen molar-refractivity contribution in [3.8, 4) is 0 Å². The Morgan fingerprint density at radius 3 is 2.81 bits per heavy atom. The zero-order valence-electron chi connectivity index (χ0n) is 12.6. The fourth-order valence-corrected chi connectivity index (χ4v) is 3.51. The van der Waals surface area contributed by atoms with Gasteiger partial charge in [0.25, 0.3) is 0 Å². The molecule has 1 aromatic rings. The minimum atomic E-state index is -0.248. The minimum absolute atomic E-state index is 0.193. The normalized spacial score (nSPS) is 14.8. The largest absolute Gasteiger partial charge is 0.464 e. The molecule has 0 spiro atoms. The highest BCUT2D eigenvalue weighted by Gasteiger charge is 2.32. The lowest BCUT2D eigenvalue weighted by molar-refractivity contribution is -0.509. The first-order valence-corrected chi connectivity index (χ1v) is 7.80. The number of nitrogens with two attached hydrogens (primary N) is 1. The first-order chi connectivity index (χ1) is 9.93. The van der Waals surface area contributed by atoms with Crippen molar-refractivity contribution in [1.82, 2.24) is 0 Å². The lowest BCUT2D eigenvalue weighted by atomic mass is 10.1. The standard InChI is InChI=1S/C15H20BrN3O2/c1-4-21-13(20)9-18-5-6-19(15(18)17)14-11(3)7-10(2)8-12(14)16/h7-8,17H,4-6,9H2,1-3H3/p+1. The Hall–Kier alpha value is -1.56. The van der Waals surface area contributed by atoms with E-state index in [1.807, 2.05) is 9.48 Å². The second-order valence-electron chi connectivity index (χ2n) is 5.15. The second kappa shape index (κ2) is 6.47. The van der Waals surface area contributed by atoms with Crippen LogP contribution in [0.3, 0.4) is 0 Å². The fraction of sp³-hybridized carbons (Fsp3) is 0.467. The Balaban J connectivity index is 2.27. The molecule has 21 heavy (non-hydrogen) atoms. The molecule has 6 heteroatoms. The van der Waals surface area contributed by atoms with E-state index < -0.39 is 0 Å². The van der Waals surface area contributed by atoms with Gasteiger partial charge in [0, 0.05) is 0 Å². The van der Waals surface area contributed by atoms with Gasteiger partial charge in [-0.05, 0) is 53.9 Å². The molecular weight excluding hydrogens is 334 g/mol. The number of carbonyl (C=O) groups is 1. The number of anilines is 1. The molecule has 0 amide bonds. The highest BCUT2D eigenvalue weighted by Crippen LogP contribution is 2.32. The van der Waals surface area contributed by atoms with Crippen molar-refractivity contribution in [2.75, 3.05) is 31.1 Å². The number of benzene rings is 1. The maximum Gasteiger partial charge on any atom is 0.351 e. The third-order valence-electron chi connectivity index (χ3n) is 3.49. The Morgan fingerprint density at radius 1 is 1.48 bits per heavy atom. The lowest BCUT2D eigenvalue weighted by Gasteiger charge is -2.16. The Bertz CT molecular complexity index is 576. The number of guanidine groups is 1. The summed E-state index contributed by atoms with van der Waals surface area (Å²) < 4.78 is 7.84. The number of hydrogen-bond donors (Lipinski definition) is 1. The van der Waals surface area contributed by atoms with Crippen molar-refractivity contribution in [3.05, 3.63) is 27.7 Å². The summed E-state index contributed by atoms with van der Waals surface area (Å²) in [4.78, 5) is 13.6. The van der Waals surface area contributed by atoms with Gasteiger partial charge in [-0.2, -0.15) is 0 Å². The van der Waals surface area contributed by atoms with Crippen LogP contribution in [0.5, 0.6) is 0 Å². The third kappa shape index (κ3) is 3.37. The fourth-order valence-electron chi connectivity index (χ4n) is 2.62. The third-order valence-corrected chi connectivity index (χ3v) is 4.09. The number of hydrogen-bond acceptors (Lipinski definition) is 4. The molecule has 0 atom stereocenters. The van der Waals surface area contributed by atoms with Crippen molar-refractivity contribution in [2.24, 2.45) is 5.73 Å². The van der Waals surface area contributed by atoms with Crippen molar-refractivity contribution < 1.29 is 14.1 Å². The van der Waals surface area contributed by atoms with E-state index in [2.05, 4.69) is 41.9 Å². The van der Waals surface area contributed by atoms with Crippen LogP contribution < -0.4 is 10.6 Å². The quantitative estimate of drug-likeness (QED) is 0.661. The SMILES string of the molecule is CCOC(=O)C[N+]1=C(N)N(c2c(C)cc(C)cc2Br)CC1. The molecular formula is C15H21BrN3O2+. The van der Waals surface area contributed by atoms with Gasteiger partial charge >= 0.3 is 11.9 Å². The number of esters is 1. The summed E-state index contributed by atoms with van der Waals surface area (Å²) in [6, 6.07) is 4.20. The number of aryl methyl sites for hydroxylation is 2. The van der Waals surface area contributed by atoms with Gasteiger partial charge in [-0.1, -0.05) is 6.07 Å². The summed E-state index contributed by atoms with van der Waals surface area (Å²) in [5.41, 5.74) is 9.63. The highest BCUT2D eigenvalue weighted by atomic mass is 79.9. The smallest absolute Gasteiger partial charge is 0.351 e. The number of carbonyl (C=O) groups excluding carboxylic acids is 1. The molecule has 1 aliphatic rings.